The maximum atomic E-state index is 12.9. The first-order chi connectivity index (χ1) is 20.8. The number of aryl methyl sites for hydroxylation is 1. The SMILES string of the molecule is CCCCc1nc2ccc(NCCCC3CCCCC3)cc2n1Cc1ccc(-c2ccccc2C(=O)OC(C)(C)C)cc1. The molecule has 4 aromatic rings. The molecule has 0 bridgehead atoms. The lowest BCUT2D eigenvalue weighted by atomic mass is 9.86. The monoisotopic (exact) mass is 579 g/mol. The number of anilines is 1. The van der Waals surface area contributed by atoms with Gasteiger partial charge in [-0.3, -0.25) is 0 Å². The molecule has 1 aliphatic carbocycles. The number of benzene rings is 3. The van der Waals surface area contributed by atoms with Gasteiger partial charge in [-0.15, -0.1) is 0 Å². The van der Waals surface area contributed by atoms with Gasteiger partial charge in [0.2, 0.25) is 0 Å². The van der Waals surface area contributed by atoms with Gasteiger partial charge in [0.1, 0.15) is 11.4 Å². The fourth-order valence-corrected chi connectivity index (χ4v) is 6.30. The summed E-state index contributed by atoms with van der Waals surface area (Å²) in [4.78, 5) is 18.0. The Morgan fingerprint density at radius 2 is 1.74 bits per heavy atom. The van der Waals surface area contributed by atoms with Gasteiger partial charge in [-0.1, -0.05) is 87.9 Å². The van der Waals surface area contributed by atoms with Crippen LogP contribution in [0.25, 0.3) is 22.2 Å². The topological polar surface area (TPSA) is 56.2 Å². The summed E-state index contributed by atoms with van der Waals surface area (Å²) in [6, 6.07) is 22.9. The zero-order chi connectivity index (χ0) is 30.2. The molecule has 1 aromatic heterocycles. The van der Waals surface area contributed by atoms with Crippen LogP contribution in [0.4, 0.5) is 5.69 Å². The average Bonchev–Trinajstić information content (AvgIpc) is 3.34. The number of hydrogen-bond acceptors (Lipinski definition) is 4. The van der Waals surface area contributed by atoms with Crippen LogP contribution in [0.1, 0.15) is 107 Å². The summed E-state index contributed by atoms with van der Waals surface area (Å²) in [6.07, 6.45) is 12.9. The first kappa shape index (κ1) is 30.8. The molecule has 0 spiro atoms. The van der Waals surface area contributed by atoms with Crippen molar-refractivity contribution in [3.05, 3.63) is 83.7 Å². The van der Waals surface area contributed by atoms with Crippen LogP contribution in [-0.4, -0.2) is 27.7 Å². The molecule has 5 nitrogen and oxygen atoms in total. The summed E-state index contributed by atoms with van der Waals surface area (Å²) in [5, 5.41) is 3.70. The van der Waals surface area contributed by atoms with Crippen molar-refractivity contribution in [1.29, 1.82) is 0 Å². The third kappa shape index (κ3) is 8.28. The van der Waals surface area contributed by atoms with Gasteiger partial charge in [0.25, 0.3) is 0 Å². The van der Waals surface area contributed by atoms with Crippen LogP contribution >= 0.6 is 0 Å². The Kier molecular flexibility index (Phi) is 10.2. The number of unbranched alkanes of at least 4 members (excludes halogenated alkanes) is 1. The Bertz CT molecular complexity index is 1490. The van der Waals surface area contributed by atoms with E-state index in [0.717, 1.165) is 60.7 Å². The molecule has 0 saturated heterocycles. The maximum absolute atomic E-state index is 12.9. The van der Waals surface area contributed by atoms with Crippen molar-refractivity contribution >= 4 is 22.7 Å². The third-order valence-corrected chi connectivity index (χ3v) is 8.58. The van der Waals surface area contributed by atoms with E-state index in [1.807, 2.05) is 45.0 Å². The number of aromatic nitrogens is 2. The smallest absolute Gasteiger partial charge is 0.339 e. The zero-order valence-electron chi connectivity index (χ0n) is 26.6. The number of imidazole rings is 1. The first-order valence-corrected chi connectivity index (χ1v) is 16.5. The number of hydrogen-bond donors (Lipinski definition) is 1. The van der Waals surface area contributed by atoms with E-state index >= 15 is 0 Å². The third-order valence-electron chi connectivity index (χ3n) is 8.58. The molecular weight excluding hydrogens is 530 g/mol. The van der Waals surface area contributed by atoms with Gasteiger partial charge in [0.05, 0.1) is 16.6 Å². The molecule has 0 unspecified atom stereocenters. The lowest BCUT2D eigenvalue weighted by Gasteiger charge is -2.21. The molecule has 1 N–H and O–H groups in total. The number of rotatable bonds is 12. The van der Waals surface area contributed by atoms with Crippen LogP contribution in [0.3, 0.4) is 0 Å². The van der Waals surface area contributed by atoms with Crippen molar-refractivity contribution in [3.8, 4) is 11.1 Å². The van der Waals surface area contributed by atoms with Gasteiger partial charge < -0.3 is 14.6 Å². The summed E-state index contributed by atoms with van der Waals surface area (Å²) in [5.74, 6) is 1.78. The summed E-state index contributed by atoms with van der Waals surface area (Å²) in [6.45, 7) is 9.70. The quantitative estimate of drug-likeness (QED) is 0.134. The minimum Gasteiger partial charge on any atom is -0.456 e. The van der Waals surface area contributed by atoms with Crippen molar-refractivity contribution in [2.24, 2.45) is 5.92 Å². The van der Waals surface area contributed by atoms with Gasteiger partial charge in [-0.25, -0.2) is 9.78 Å². The second-order valence-corrected chi connectivity index (χ2v) is 13.2. The van der Waals surface area contributed by atoms with Crippen LogP contribution in [0.5, 0.6) is 0 Å². The molecule has 0 radical (unpaired) electrons. The molecule has 5 rings (SSSR count). The summed E-state index contributed by atoms with van der Waals surface area (Å²) in [5.41, 5.74) is 6.57. The van der Waals surface area contributed by atoms with E-state index < -0.39 is 5.60 Å². The van der Waals surface area contributed by atoms with Crippen molar-refractivity contribution in [2.45, 2.75) is 104 Å². The van der Waals surface area contributed by atoms with Crippen LogP contribution in [0, 0.1) is 5.92 Å². The number of carbonyl (C=O) groups is 1. The highest BCUT2D eigenvalue weighted by atomic mass is 16.6. The Morgan fingerprint density at radius 3 is 2.49 bits per heavy atom. The van der Waals surface area contributed by atoms with Crippen molar-refractivity contribution < 1.29 is 9.53 Å². The van der Waals surface area contributed by atoms with E-state index in [1.165, 1.54) is 61.7 Å². The second-order valence-electron chi connectivity index (χ2n) is 13.2. The highest BCUT2D eigenvalue weighted by molar-refractivity contribution is 5.97. The van der Waals surface area contributed by atoms with Crippen LogP contribution in [0.15, 0.2) is 66.7 Å². The van der Waals surface area contributed by atoms with Gasteiger partial charge in [-0.2, -0.15) is 0 Å². The zero-order valence-corrected chi connectivity index (χ0v) is 26.6. The first-order valence-electron chi connectivity index (χ1n) is 16.5. The molecule has 1 saturated carbocycles. The number of ether oxygens (including phenoxy) is 1. The van der Waals surface area contributed by atoms with Crippen molar-refractivity contribution in [2.75, 3.05) is 11.9 Å². The lowest BCUT2D eigenvalue weighted by Crippen LogP contribution is -2.24. The largest absolute Gasteiger partial charge is 0.456 e. The number of carbonyl (C=O) groups excluding carboxylic acids is 1. The number of fused-ring (bicyclic) bond motifs is 1. The van der Waals surface area contributed by atoms with Crippen LogP contribution < -0.4 is 5.32 Å². The predicted molar refractivity (Wildman–Crippen MR) is 179 cm³/mol. The average molecular weight is 580 g/mol. The summed E-state index contributed by atoms with van der Waals surface area (Å²) in [7, 11) is 0. The highest BCUT2D eigenvalue weighted by Gasteiger charge is 2.21. The molecule has 1 aliphatic rings. The molecule has 3 aromatic carbocycles. The summed E-state index contributed by atoms with van der Waals surface area (Å²) >= 11 is 0. The molecule has 1 heterocycles. The Balaban J connectivity index is 1.33. The van der Waals surface area contributed by atoms with Gasteiger partial charge in [-0.05, 0) is 86.9 Å². The van der Waals surface area contributed by atoms with E-state index in [2.05, 4.69) is 59.3 Å². The number of esters is 1. The van der Waals surface area contributed by atoms with Crippen LogP contribution in [0.2, 0.25) is 0 Å². The van der Waals surface area contributed by atoms with Gasteiger partial charge in [0.15, 0.2) is 0 Å². The molecular formula is C38H49N3O2. The van der Waals surface area contributed by atoms with Crippen LogP contribution in [-0.2, 0) is 17.7 Å². The Labute approximate surface area is 258 Å². The number of nitrogens with one attached hydrogen (secondary N) is 1. The fraction of sp³-hybridized carbons (Fsp3) is 0.474. The van der Waals surface area contributed by atoms with Gasteiger partial charge >= 0.3 is 5.97 Å². The predicted octanol–water partition coefficient (Wildman–Crippen LogP) is 9.82. The normalized spacial score (nSPS) is 14.2. The molecule has 5 heteroatoms. The molecule has 228 valence electrons. The highest BCUT2D eigenvalue weighted by Crippen LogP contribution is 2.29. The minimum atomic E-state index is -0.540. The Morgan fingerprint density at radius 1 is 0.977 bits per heavy atom. The van der Waals surface area contributed by atoms with Gasteiger partial charge in [0, 0.05) is 25.2 Å². The van der Waals surface area contributed by atoms with E-state index in [4.69, 9.17) is 9.72 Å². The molecule has 0 aliphatic heterocycles. The minimum absolute atomic E-state index is 0.295. The fourth-order valence-electron chi connectivity index (χ4n) is 6.30. The molecule has 1 fully saturated rings. The van der Waals surface area contributed by atoms with E-state index in [9.17, 15) is 4.79 Å². The maximum Gasteiger partial charge on any atom is 0.339 e. The standard InChI is InChI=1S/C38H49N3O2/c1-5-6-18-36-40-34-24-23-31(39-25-12-15-28-13-8-7-9-14-28)26-35(34)41(36)27-29-19-21-30(22-20-29)32-16-10-11-17-33(32)37(42)43-38(2,3)4/h10-11,16-17,19-24,26,28,39H,5-9,12-15,18,25,27H2,1-4H3. The molecule has 43 heavy (non-hydrogen) atoms. The lowest BCUT2D eigenvalue weighted by molar-refractivity contribution is 0.00704. The van der Waals surface area contributed by atoms with E-state index in [-0.39, 0.29) is 5.97 Å². The van der Waals surface area contributed by atoms with E-state index in [0.29, 0.717) is 5.56 Å². The Hall–Kier alpha value is -3.60. The summed E-state index contributed by atoms with van der Waals surface area (Å²) < 4.78 is 8.07. The second kappa shape index (κ2) is 14.2. The molecule has 0 amide bonds. The van der Waals surface area contributed by atoms with E-state index in [1.54, 1.807) is 0 Å². The molecule has 0 atom stereocenters. The van der Waals surface area contributed by atoms with Crippen molar-refractivity contribution in [1.82, 2.24) is 9.55 Å². The van der Waals surface area contributed by atoms with Crippen molar-refractivity contribution in [3.63, 3.8) is 0 Å². The number of nitrogens with zero attached hydrogens (tertiary/aromatic N) is 2.